The lowest BCUT2D eigenvalue weighted by Crippen LogP contribution is -2.52. The van der Waals surface area contributed by atoms with E-state index in [0.717, 1.165) is 45.2 Å². The van der Waals surface area contributed by atoms with Gasteiger partial charge in [-0.1, -0.05) is 6.07 Å². The molecule has 7 nitrogen and oxygen atoms in total. The van der Waals surface area contributed by atoms with Crippen LogP contribution in [-0.4, -0.2) is 66.0 Å². The first-order valence-corrected chi connectivity index (χ1v) is 10.4. The summed E-state index contributed by atoms with van der Waals surface area (Å²) in [5.41, 5.74) is 0.644. The van der Waals surface area contributed by atoms with Gasteiger partial charge in [0.2, 0.25) is 5.91 Å². The maximum Gasteiger partial charge on any atom is 0.246 e. The average Bonchev–Trinajstić information content (AvgIpc) is 3.21. The van der Waals surface area contributed by atoms with Crippen molar-refractivity contribution in [3.05, 3.63) is 46.7 Å². The van der Waals surface area contributed by atoms with Gasteiger partial charge in [-0.05, 0) is 42.6 Å². The molecule has 0 atom stereocenters. The van der Waals surface area contributed by atoms with Crippen LogP contribution in [-0.2, 0) is 11.3 Å². The molecule has 1 aromatic carbocycles. The molecule has 0 saturated carbocycles. The molecular weight excluding hydrogens is 374 g/mol. The second-order valence-electron chi connectivity index (χ2n) is 6.61. The first-order chi connectivity index (χ1) is 13.6. The van der Waals surface area contributed by atoms with Crippen molar-refractivity contribution in [2.45, 2.75) is 13.5 Å². The summed E-state index contributed by atoms with van der Waals surface area (Å²) in [6.07, 6.45) is 0. The number of hydrogen-bond donors (Lipinski definition) is 3. The number of carbonyl (C=O) groups excluding carboxylic acids is 1. The minimum Gasteiger partial charge on any atom is -0.508 e. The number of hydrogen-bond acceptors (Lipinski definition) is 5. The fraction of sp³-hybridized carbons (Fsp3) is 0.400. The molecule has 1 aliphatic rings. The Morgan fingerprint density at radius 1 is 1.18 bits per heavy atom. The van der Waals surface area contributed by atoms with Gasteiger partial charge in [0.15, 0.2) is 5.96 Å². The van der Waals surface area contributed by atoms with E-state index in [-0.39, 0.29) is 18.2 Å². The second-order valence-corrected chi connectivity index (χ2v) is 7.64. The van der Waals surface area contributed by atoms with Crippen LogP contribution in [0.1, 0.15) is 11.8 Å². The molecule has 0 bridgehead atoms. The fourth-order valence-corrected chi connectivity index (χ4v) is 3.80. The van der Waals surface area contributed by atoms with Crippen LogP contribution in [0.25, 0.3) is 0 Å². The molecule has 1 fully saturated rings. The van der Waals surface area contributed by atoms with Crippen LogP contribution in [0.15, 0.2) is 46.8 Å². The number of nitrogens with zero attached hydrogens (tertiary/aromatic N) is 3. The van der Waals surface area contributed by atoms with Crippen molar-refractivity contribution in [2.24, 2.45) is 4.99 Å². The summed E-state index contributed by atoms with van der Waals surface area (Å²) in [6, 6.07) is 10.7. The molecule has 3 rings (SSSR count). The molecule has 8 heteroatoms. The third kappa shape index (κ3) is 5.97. The molecule has 1 saturated heterocycles. The van der Waals surface area contributed by atoms with Crippen molar-refractivity contribution in [1.29, 1.82) is 0 Å². The number of phenols is 1. The second kappa shape index (κ2) is 10.1. The lowest BCUT2D eigenvalue weighted by molar-refractivity contribution is -0.114. The number of benzene rings is 1. The monoisotopic (exact) mass is 401 g/mol. The van der Waals surface area contributed by atoms with Crippen molar-refractivity contribution in [3.63, 3.8) is 0 Å². The van der Waals surface area contributed by atoms with Gasteiger partial charge in [-0.2, -0.15) is 0 Å². The Balaban J connectivity index is 1.51. The van der Waals surface area contributed by atoms with Crippen LogP contribution in [0.3, 0.4) is 0 Å². The number of guanidine groups is 1. The molecule has 1 aliphatic heterocycles. The number of aromatic hydroxyl groups is 1. The van der Waals surface area contributed by atoms with Crippen LogP contribution < -0.4 is 10.6 Å². The van der Waals surface area contributed by atoms with Gasteiger partial charge in [-0.3, -0.25) is 9.69 Å². The van der Waals surface area contributed by atoms with E-state index in [1.54, 1.807) is 35.6 Å². The number of nitrogens with one attached hydrogen (secondary N) is 2. The van der Waals surface area contributed by atoms with Crippen LogP contribution in [0, 0.1) is 0 Å². The van der Waals surface area contributed by atoms with Crippen molar-refractivity contribution >= 4 is 28.9 Å². The number of amides is 1. The number of carbonyl (C=O) groups is 1. The van der Waals surface area contributed by atoms with Crippen LogP contribution in [0.4, 0.5) is 5.69 Å². The van der Waals surface area contributed by atoms with Gasteiger partial charge < -0.3 is 20.6 Å². The average molecular weight is 402 g/mol. The number of anilines is 1. The van der Waals surface area contributed by atoms with E-state index in [2.05, 4.69) is 42.9 Å². The van der Waals surface area contributed by atoms with Crippen LogP contribution in [0.5, 0.6) is 5.75 Å². The summed E-state index contributed by atoms with van der Waals surface area (Å²) in [5, 5.41) is 17.5. The summed E-state index contributed by atoms with van der Waals surface area (Å²) in [6.45, 7) is 7.55. The zero-order chi connectivity index (χ0) is 19.8. The molecular formula is C20H27N5O2S. The maximum absolute atomic E-state index is 12.2. The molecule has 0 spiro atoms. The number of phenolic OH excluding ortho intramolecular Hbond substituents is 1. The van der Waals surface area contributed by atoms with Gasteiger partial charge in [0.1, 0.15) is 12.3 Å². The highest BCUT2D eigenvalue weighted by atomic mass is 32.1. The molecule has 2 heterocycles. The number of thiophene rings is 1. The van der Waals surface area contributed by atoms with Gasteiger partial charge in [0.25, 0.3) is 0 Å². The minimum absolute atomic E-state index is 0.0542. The highest BCUT2D eigenvalue weighted by Gasteiger charge is 2.20. The summed E-state index contributed by atoms with van der Waals surface area (Å²) < 4.78 is 0. The molecule has 0 radical (unpaired) electrons. The van der Waals surface area contributed by atoms with E-state index in [0.29, 0.717) is 5.69 Å². The van der Waals surface area contributed by atoms with Crippen molar-refractivity contribution < 1.29 is 9.90 Å². The molecule has 0 aliphatic carbocycles. The van der Waals surface area contributed by atoms with E-state index < -0.39 is 0 Å². The Bertz CT molecular complexity index is 768. The van der Waals surface area contributed by atoms with E-state index in [4.69, 9.17) is 0 Å². The summed E-state index contributed by atoms with van der Waals surface area (Å²) in [4.78, 5) is 22.7. The Morgan fingerprint density at radius 3 is 2.57 bits per heavy atom. The SMILES string of the molecule is CCNC(=NCC(=O)Nc1ccc(O)cc1)N1CCN(Cc2cccs2)CC1. The molecule has 1 aromatic heterocycles. The Morgan fingerprint density at radius 2 is 1.93 bits per heavy atom. The molecule has 0 unspecified atom stereocenters. The van der Waals surface area contributed by atoms with Crippen molar-refractivity contribution in [3.8, 4) is 5.75 Å². The Hall–Kier alpha value is -2.58. The summed E-state index contributed by atoms with van der Waals surface area (Å²) >= 11 is 1.79. The lowest BCUT2D eigenvalue weighted by Gasteiger charge is -2.36. The molecule has 150 valence electrons. The topological polar surface area (TPSA) is 80.2 Å². The normalized spacial score (nSPS) is 15.5. The highest BCUT2D eigenvalue weighted by Crippen LogP contribution is 2.14. The lowest BCUT2D eigenvalue weighted by atomic mass is 10.3. The standard InChI is InChI=1S/C20H27N5O2S/c1-2-21-20(22-14-19(27)23-16-5-7-17(26)8-6-16)25-11-9-24(10-12-25)15-18-4-3-13-28-18/h3-8,13,26H,2,9-12,14-15H2,1H3,(H,21,22)(H,23,27). The first kappa shape index (κ1) is 20.2. The van der Waals surface area contributed by atoms with Gasteiger partial charge in [-0.15, -0.1) is 11.3 Å². The third-order valence-electron chi connectivity index (χ3n) is 4.49. The maximum atomic E-state index is 12.2. The Kier molecular flexibility index (Phi) is 7.27. The van der Waals surface area contributed by atoms with E-state index >= 15 is 0 Å². The molecule has 28 heavy (non-hydrogen) atoms. The smallest absolute Gasteiger partial charge is 0.246 e. The summed E-state index contributed by atoms with van der Waals surface area (Å²) in [7, 11) is 0. The predicted molar refractivity (Wildman–Crippen MR) is 114 cm³/mol. The van der Waals surface area contributed by atoms with Crippen molar-refractivity contribution in [1.82, 2.24) is 15.1 Å². The fourth-order valence-electron chi connectivity index (χ4n) is 3.06. The Labute approximate surface area is 169 Å². The molecule has 1 amide bonds. The van der Waals surface area contributed by atoms with Gasteiger partial charge in [-0.25, -0.2) is 4.99 Å². The van der Waals surface area contributed by atoms with Gasteiger partial charge >= 0.3 is 0 Å². The van der Waals surface area contributed by atoms with Gasteiger partial charge in [0.05, 0.1) is 0 Å². The minimum atomic E-state index is -0.183. The first-order valence-electron chi connectivity index (χ1n) is 9.51. The zero-order valence-corrected chi connectivity index (χ0v) is 16.9. The molecule has 3 N–H and O–H groups in total. The van der Waals surface area contributed by atoms with E-state index in [1.807, 2.05) is 6.92 Å². The predicted octanol–water partition coefficient (Wildman–Crippen LogP) is 2.18. The number of rotatable bonds is 6. The van der Waals surface area contributed by atoms with Gasteiger partial charge in [0, 0.05) is 49.8 Å². The zero-order valence-electron chi connectivity index (χ0n) is 16.1. The van der Waals surface area contributed by atoms with E-state index in [1.165, 1.54) is 4.88 Å². The quantitative estimate of drug-likeness (QED) is 0.393. The van der Waals surface area contributed by atoms with Crippen LogP contribution >= 0.6 is 11.3 Å². The summed E-state index contributed by atoms with van der Waals surface area (Å²) in [5.74, 6) is 0.764. The van der Waals surface area contributed by atoms with E-state index in [9.17, 15) is 9.90 Å². The van der Waals surface area contributed by atoms with Crippen LogP contribution in [0.2, 0.25) is 0 Å². The number of piperazine rings is 1. The third-order valence-corrected chi connectivity index (χ3v) is 5.35. The largest absolute Gasteiger partial charge is 0.508 e. The molecule has 2 aromatic rings. The highest BCUT2D eigenvalue weighted by molar-refractivity contribution is 7.09. The number of aliphatic imine (C=N–C) groups is 1. The van der Waals surface area contributed by atoms with Crippen molar-refractivity contribution in [2.75, 3.05) is 44.6 Å².